The van der Waals surface area contributed by atoms with Crippen LogP contribution in [0.25, 0.3) is 82.8 Å². The Morgan fingerprint density at radius 1 is 0.317 bits per heavy atom. The summed E-state index contributed by atoms with van der Waals surface area (Å²) >= 11 is 0. The lowest BCUT2D eigenvalue weighted by Crippen LogP contribution is -2.10. The summed E-state index contributed by atoms with van der Waals surface area (Å²) < 4.78 is 41.2. The molecule has 0 aliphatic heterocycles. The first-order valence-electron chi connectivity index (χ1n) is 22.3. The van der Waals surface area contributed by atoms with E-state index in [2.05, 4.69) is 108 Å². The van der Waals surface area contributed by atoms with E-state index in [1.807, 2.05) is 120 Å². The Kier molecular flexibility index (Phi) is 7.83. The molecule has 2 heteroatoms. The van der Waals surface area contributed by atoms with Gasteiger partial charge in [0, 0.05) is 33.2 Å². The highest BCUT2D eigenvalue weighted by molar-refractivity contribution is 6.11. The van der Waals surface area contributed by atoms with Crippen LogP contribution in [0.1, 0.15) is 5.48 Å². The van der Waals surface area contributed by atoms with E-state index in [1.165, 1.54) is 0 Å². The van der Waals surface area contributed by atoms with Gasteiger partial charge < -0.3 is 9.47 Å². The van der Waals surface area contributed by atoms with Crippen molar-refractivity contribution in [3.8, 4) is 50.2 Å². The molecule has 11 aromatic rings. The Morgan fingerprint density at radius 3 is 1.60 bits per heavy atom. The van der Waals surface area contributed by atoms with Gasteiger partial charge in [-0.2, -0.15) is 0 Å². The van der Waals surface area contributed by atoms with Gasteiger partial charge >= 0.3 is 0 Å². The topological polar surface area (TPSA) is 8.17 Å². The van der Waals surface area contributed by atoms with Crippen LogP contribution in [0, 0.1) is 0 Å². The van der Waals surface area contributed by atoms with E-state index in [0.717, 1.165) is 71.6 Å². The minimum absolute atomic E-state index is 0.108. The maximum absolute atomic E-state index is 9.77. The molecule has 1 aromatic heterocycles. The largest absolute Gasteiger partial charge is 0.310 e. The van der Waals surface area contributed by atoms with Crippen LogP contribution in [0.15, 0.2) is 243 Å². The fourth-order valence-electron chi connectivity index (χ4n) is 8.59. The fraction of sp³-hybridized carbons (Fsp3) is 0. The number of anilines is 3. The summed E-state index contributed by atoms with van der Waals surface area (Å²) in [5.74, 6) is 0. The van der Waals surface area contributed by atoms with Crippen molar-refractivity contribution in [1.29, 1.82) is 0 Å². The third-order valence-corrected chi connectivity index (χ3v) is 11.5. The fourth-order valence-corrected chi connectivity index (χ4v) is 8.59. The molecule has 0 aliphatic carbocycles. The molecular formula is C58H40N2. The number of rotatable bonds is 8. The summed E-state index contributed by atoms with van der Waals surface area (Å²) in [7, 11) is 0. The molecular weight excluding hydrogens is 725 g/mol. The van der Waals surface area contributed by atoms with Crippen molar-refractivity contribution in [2.45, 2.75) is 0 Å². The number of hydrogen-bond donors (Lipinski definition) is 0. The lowest BCUT2D eigenvalue weighted by molar-refractivity contribution is 1.20. The van der Waals surface area contributed by atoms with Gasteiger partial charge in [0.2, 0.25) is 0 Å². The number of aromatic nitrogens is 1. The van der Waals surface area contributed by atoms with Crippen LogP contribution in [0.4, 0.5) is 17.1 Å². The predicted molar refractivity (Wildman–Crippen MR) is 255 cm³/mol. The van der Waals surface area contributed by atoms with Gasteiger partial charge in [0.1, 0.15) is 0 Å². The average Bonchev–Trinajstić information content (AvgIpc) is 3.69. The van der Waals surface area contributed by atoms with Crippen LogP contribution in [0.5, 0.6) is 0 Å². The lowest BCUT2D eigenvalue weighted by atomic mass is 9.93. The second-order valence-electron chi connectivity index (χ2n) is 15.0. The van der Waals surface area contributed by atoms with Gasteiger partial charge in [-0.05, 0) is 111 Å². The summed E-state index contributed by atoms with van der Waals surface area (Å²) in [5, 5.41) is 4.29. The normalized spacial score (nSPS) is 12.3. The molecule has 1 heterocycles. The second kappa shape index (κ2) is 15.1. The molecule has 11 rings (SSSR count). The Labute approximate surface area is 356 Å². The zero-order valence-corrected chi connectivity index (χ0v) is 32.7. The molecule has 0 fully saturated rings. The van der Waals surface area contributed by atoms with Gasteiger partial charge in [0.25, 0.3) is 0 Å². The van der Waals surface area contributed by atoms with Crippen molar-refractivity contribution in [2.24, 2.45) is 0 Å². The zero-order valence-electron chi connectivity index (χ0n) is 36.7. The van der Waals surface area contributed by atoms with Gasteiger partial charge in [-0.1, -0.05) is 182 Å². The molecule has 0 saturated heterocycles. The third kappa shape index (κ3) is 6.32. The van der Waals surface area contributed by atoms with E-state index in [1.54, 1.807) is 0 Å². The highest BCUT2D eigenvalue weighted by atomic mass is 15.1. The number of benzene rings is 10. The molecule has 0 saturated carbocycles. The molecule has 0 spiro atoms. The molecule has 0 bridgehead atoms. The van der Waals surface area contributed by atoms with E-state index in [0.29, 0.717) is 16.9 Å². The first kappa shape index (κ1) is 31.1. The van der Waals surface area contributed by atoms with E-state index < -0.39 is 0 Å². The average molecular weight is 769 g/mol. The highest BCUT2D eigenvalue weighted by Crippen LogP contribution is 2.42. The summed E-state index contributed by atoms with van der Waals surface area (Å²) in [6.45, 7) is 0. The molecule has 0 radical (unpaired) electrons. The Bertz CT molecular complexity index is 3500. The number of fused-ring (bicyclic) bond motifs is 4. The van der Waals surface area contributed by atoms with Crippen LogP contribution in [-0.2, 0) is 0 Å². The SMILES string of the molecule is [2H]c1c([2H])c(N(c2ccc(-c3ccccc3)cc2)c2ccc(-c3ccccc3)c(-c3ccccc3)c2)c([2H])c([2H])c1-c1ccc2c(c1)c1ccccc1n2-c1cccc2ccccc12. The first-order chi connectivity index (χ1) is 31.4. The second-order valence-corrected chi connectivity index (χ2v) is 15.0. The first-order valence-corrected chi connectivity index (χ1v) is 20.3. The maximum Gasteiger partial charge on any atom is 0.0645 e. The predicted octanol–water partition coefficient (Wildman–Crippen LogP) is 16.1. The molecule has 0 amide bonds. The molecule has 0 unspecified atom stereocenters. The molecule has 2 nitrogen and oxygen atoms in total. The van der Waals surface area contributed by atoms with E-state index in [9.17, 15) is 5.48 Å². The van der Waals surface area contributed by atoms with E-state index in [-0.39, 0.29) is 35.4 Å². The molecule has 0 aliphatic rings. The quantitative estimate of drug-likeness (QED) is 0.149. The van der Waals surface area contributed by atoms with Crippen molar-refractivity contribution in [1.82, 2.24) is 4.57 Å². The van der Waals surface area contributed by atoms with Crippen molar-refractivity contribution in [3.63, 3.8) is 0 Å². The van der Waals surface area contributed by atoms with Crippen molar-refractivity contribution in [3.05, 3.63) is 243 Å². The van der Waals surface area contributed by atoms with Gasteiger partial charge in [0.05, 0.1) is 22.2 Å². The lowest BCUT2D eigenvalue weighted by Gasteiger charge is -2.27. The van der Waals surface area contributed by atoms with E-state index in [4.69, 9.17) is 0 Å². The molecule has 0 atom stereocenters. The smallest absolute Gasteiger partial charge is 0.0645 e. The van der Waals surface area contributed by atoms with Crippen LogP contribution in [0.2, 0.25) is 0 Å². The van der Waals surface area contributed by atoms with Crippen molar-refractivity contribution < 1.29 is 5.48 Å². The van der Waals surface area contributed by atoms with Crippen LogP contribution < -0.4 is 4.90 Å². The van der Waals surface area contributed by atoms with Crippen molar-refractivity contribution >= 4 is 49.6 Å². The number of nitrogens with zero attached hydrogens (tertiary/aromatic N) is 2. The van der Waals surface area contributed by atoms with Gasteiger partial charge in [-0.3, -0.25) is 0 Å². The Morgan fingerprint density at radius 2 is 0.867 bits per heavy atom. The Balaban J connectivity index is 1.10. The van der Waals surface area contributed by atoms with Gasteiger partial charge in [-0.15, -0.1) is 0 Å². The number of para-hydroxylation sites is 1. The van der Waals surface area contributed by atoms with Crippen molar-refractivity contribution in [2.75, 3.05) is 4.90 Å². The van der Waals surface area contributed by atoms with Crippen LogP contribution in [-0.4, -0.2) is 4.57 Å². The highest BCUT2D eigenvalue weighted by Gasteiger charge is 2.18. The molecule has 60 heavy (non-hydrogen) atoms. The minimum atomic E-state index is -0.130. The standard InChI is InChI=1S/C58H40N2/c1-4-15-41(16-5-1)42-27-32-48(33-28-42)59(50-36-37-51(44-17-6-2-7-18-44)54(40-50)46-19-8-3-9-20-46)49-34-29-43(30-35-49)47-31-38-58-55(39-47)53-24-12-13-25-57(53)60(58)56-26-14-22-45-21-10-11-23-52(45)56/h1-40H/i29D,30D,34D,35D. The molecule has 0 N–H and O–H groups in total. The Hall–Kier alpha value is -7.94. The maximum atomic E-state index is 9.77. The monoisotopic (exact) mass is 768 g/mol. The van der Waals surface area contributed by atoms with Gasteiger partial charge in [-0.25, -0.2) is 0 Å². The number of hydrogen-bond acceptors (Lipinski definition) is 1. The third-order valence-electron chi connectivity index (χ3n) is 11.5. The van der Waals surface area contributed by atoms with Crippen LogP contribution >= 0.6 is 0 Å². The molecule has 10 aromatic carbocycles. The summed E-state index contributed by atoms with van der Waals surface area (Å²) in [6, 6.07) is 73.5. The summed E-state index contributed by atoms with van der Waals surface area (Å²) in [6.07, 6.45) is 0. The van der Waals surface area contributed by atoms with Crippen LogP contribution in [0.3, 0.4) is 0 Å². The zero-order chi connectivity index (χ0) is 43.3. The summed E-state index contributed by atoms with van der Waals surface area (Å²) in [4.78, 5) is 1.88. The summed E-state index contributed by atoms with van der Waals surface area (Å²) in [5.41, 5.74) is 11.8. The van der Waals surface area contributed by atoms with E-state index >= 15 is 0 Å². The van der Waals surface area contributed by atoms with Gasteiger partial charge in [0.15, 0.2) is 0 Å². The molecule has 282 valence electrons. The minimum Gasteiger partial charge on any atom is -0.310 e.